The third-order valence-corrected chi connectivity index (χ3v) is 4.59. The van der Waals surface area contributed by atoms with E-state index in [1.165, 1.54) is 25.8 Å². The second-order valence-corrected chi connectivity index (χ2v) is 6.08. The number of carbonyl (C=O) groups is 1. The molecule has 26 heavy (non-hydrogen) atoms. The second-order valence-electron chi connectivity index (χ2n) is 6.08. The number of rotatable bonds is 4. The minimum absolute atomic E-state index is 0.0771. The molecule has 1 aliphatic heterocycles. The summed E-state index contributed by atoms with van der Waals surface area (Å²) in [6.07, 6.45) is 0.0771. The van der Waals surface area contributed by atoms with Gasteiger partial charge in [-0.2, -0.15) is 0 Å². The number of nitrogens with zero attached hydrogens (tertiary/aromatic N) is 2. The number of methoxy groups -OCH3 is 1. The standard InChI is InChI=1S/C18H21N3O5/c1-5-26-15-10(7-6-8-12(15)25-4)11-9-13(22)19-16-14(11)17(23)21(3)18(24)20(16)2/h6-8,11H,5,9H2,1-4H3,(H,19,22). The third kappa shape index (κ3) is 2.67. The molecule has 1 amide bonds. The molecule has 0 saturated carbocycles. The van der Waals surface area contributed by atoms with E-state index < -0.39 is 17.2 Å². The highest BCUT2D eigenvalue weighted by molar-refractivity contribution is 5.94. The lowest BCUT2D eigenvalue weighted by molar-refractivity contribution is -0.116. The summed E-state index contributed by atoms with van der Waals surface area (Å²) in [6, 6.07) is 5.36. The van der Waals surface area contributed by atoms with Crippen LogP contribution < -0.4 is 26.0 Å². The molecule has 1 unspecified atom stereocenters. The lowest BCUT2D eigenvalue weighted by Gasteiger charge is -2.28. The van der Waals surface area contributed by atoms with Gasteiger partial charge >= 0.3 is 5.69 Å². The summed E-state index contributed by atoms with van der Waals surface area (Å²) in [5.41, 5.74) is 0.116. The van der Waals surface area contributed by atoms with Gasteiger partial charge in [0.15, 0.2) is 11.5 Å². The Morgan fingerprint density at radius 3 is 2.58 bits per heavy atom. The Balaban J connectivity index is 2.32. The Labute approximate surface area is 150 Å². The molecule has 0 fully saturated rings. The maximum absolute atomic E-state index is 12.8. The Morgan fingerprint density at radius 2 is 1.92 bits per heavy atom. The van der Waals surface area contributed by atoms with Gasteiger partial charge in [0.2, 0.25) is 5.91 Å². The fraction of sp³-hybridized carbons (Fsp3) is 0.389. The van der Waals surface area contributed by atoms with Crippen molar-refractivity contribution in [2.24, 2.45) is 14.1 Å². The molecule has 2 heterocycles. The van der Waals surface area contributed by atoms with Gasteiger partial charge in [-0.3, -0.25) is 18.7 Å². The predicted molar refractivity (Wildman–Crippen MR) is 96.2 cm³/mol. The van der Waals surface area contributed by atoms with Crippen LogP contribution in [0.1, 0.15) is 30.4 Å². The molecule has 1 atom stereocenters. The van der Waals surface area contributed by atoms with Crippen LogP contribution in [-0.4, -0.2) is 28.8 Å². The van der Waals surface area contributed by atoms with Crippen LogP contribution in [0.2, 0.25) is 0 Å². The quantitative estimate of drug-likeness (QED) is 0.878. The molecule has 8 heteroatoms. The van der Waals surface area contributed by atoms with Crippen LogP contribution in [0.3, 0.4) is 0 Å². The van der Waals surface area contributed by atoms with Crippen LogP contribution in [0.15, 0.2) is 27.8 Å². The number of aromatic nitrogens is 2. The summed E-state index contributed by atoms with van der Waals surface area (Å²) < 4.78 is 13.5. The number of hydrogen-bond acceptors (Lipinski definition) is 5. The first kappa shape index (κ1) is 17.8. The van der Waals surface area contributed by atoms with E-state index in [0.29, 0.717) is 29.2 Å². The zero-order valence-corrected chi connectivity index (χ0v) is 15.2. The van der Waals surface area contributed by atoms with Gasteiger partial charge in [-0.1, -0.05) is 12.1 Å². The van der Waals surface area contributed by atoms with E-state index in [2.05, 4.69) is 5.32 Å². The van der Waals surface area contributed by atoms with Crippen molar-refractivity contribution in [1.29, 1.82) is 0 Å². The summed E-state index contributed by atoms with van der Waals surface area (Å²) in [5.74, 6) is 0.444. The molecule has 0 spiro atoms. The largest absolute Gasteiger partial charge is 0.493 e. The highest BCUT2D eigenvalue weighted by Gasteiger charge is 2.34. The second kappa shape index (κ2) is 6.70. The molecule has 2 aromatic rings. The van der Waals surface area contributed by atoms with Crippen molar-refractivity contribution in [1.82, 2.24) is 9.13 Å². The first-order valence-corrected chi connectivity index (χ1v) is 8.30. The zero-order chi connectivity index (χ0) is 19.0. The molecule has 8 nitrogen and oxygen atoms in total. The van der Waals surface area contributed by atoms with Gasteiger partial charge in [-0.15, -0.1) is 0 Å². The first-order chi connectivity index (χ1) is 12.4. The Bertz CT molecular complexity index is 990. The van der Waals surface area contributed by atoms with Gasteiger partial charge in [0, 0.05) is 32.0 Å². The van der Waals surface area contributed by atoms with Gasteiger partial charge in [-0.05, 0) is 13.0 Å². The van der Waals surface area contributed by atoms with Crippen LogP contribution in [0, 0.1) is 0 Å². The number of ether oxygens (including phenoxy) is 2. The summed E-state index contributed by atoms with van der Waals surface area (Å²) in [6.45, 7) is 2.25. The number of para-hydroxylation sites is 1. The Morgan fingerprint density at radius 1 is 1.19 bits per heavy atom. The predicted octanol–water partition coefficient (Wildman–Crippen LogP) is 0.965. The molecule has 0 aliphatic carbocycles. The molecule has 1 aromatic carbocycles. The maximum Gasteiger partial charge on any atom is 0.332 e. The number of anilines is 1. The van der Waals surface area contributed by atoms with E-state index in [1.54, 1.807) is 12.1 Å². The van der Waals surface area contributed by atoms with Crippen LogP contribution in [-0.2, 0) is 18.9 Å². The SMILES string of the molecule is CCOc1c(OC)cccc1C1CC(=O)Nc2c1c(=O)n(C)c(=O)n2C. The molecule has 3 rings (SSSR count). The van der Waals surface area contributed by atoms with Gasteiger partial charge < -0.3 is 14.8 Å². The van der Waals surface area contributed by atoms with Crippen molar-refractivity contribution in [3.05, 3.63) is 50.2 Å². The number of nitrogens with one attached hydrogen (secondary N) is 1. The highest BCUT2D eigenvalue weighted by atomic mass is 16.5. The summed E-state index contributed by atoms with van der Waals surface area (Å²) >= 11 is 0. The Kier molecular flexibility index (Phi) is 4.58. The van der Waals surface area contributed by atoms with Crippen molar-refractivity contribution in [3.8, 4) is 11.5 Å². The molecule has 1 N–H and O–H groups in total. The van der Waals surface area contributed by atoms with E-state index in [9.17, 15) is 14.4 Å². The molecule has 1 aliphatic rings. The molecular weight excluding hydrogens is 338 g/mol. The van der Waals surface area contributed by atoms with Crippen molar-refractivity contribution in [2.75, 3.05) is 19.0 Å². The molecule has 0 radical (unpaired) electrons. The summed E-state index contributed by atoms with van der Waals surface area (Å²) in [4.78, 5) is 37.3. The average Bonchev–Trinajstić information content (AvgIpc) is 2.64. The normalized spacial score (nSPS) is 16.0. The zero-order valence-electron chi connectivity index (χ0n) is 15.2. The van der Waals surface area contributed by atoms with E-state index in [1.807, 2.05) is 13.0 Å². The minimum Gasteiger partial charge on any atom is -0.493 e. The number of carbonyl (C=O) groups excluding carboxylic acids is 1. The van der Waals surface area contributed by atoms with Crippen molar-refractivity contribution in [3.63, 3.8) is 0 Å². The van der Waals surface area contributed by atoms with E-state index in [4.69, 9.17) is 9.47 Å². The van der Waals surface area contributed by atoms with Crippen molar-refractivity contribution in [2.45, 2.75) is 19.3 Å². The van der Waals surface area contributed by atoms with Crippen LogP contribution in [0.4, 0.5) is 5.82 Å². The number of benzene rings is 1. The maximum atomic E-state index is 12.8. The molecule has 0 bridgehead atoms. The number of hydrogen-bond donors (Lipinski definition) is 1. The minimum atomic E-state index is -0.541. The van der Waals surface area contributed by atoms with E-state index >= 15 is 0 Å². The molecule has 138 valence electrons. The van der Waals surface area contributed by atoms with Crippen LogP contribution in [0.5, 0.6) is 11.5 Å². The molecule has 0 saturated heterocycles. The van der Waals surface area contributed by atoms with E-state index in [0.717, 1.165) is 4.57 Å². The average molecular weight is 359 g/mol. The number of fused-ring (bicyclic) bond motifs is 1. The highest BCUT2D eigenvalue weighted by Crippen LogP contribution is 2.42. The van der Waals surface area contributed by atoms with E-state index in [-0.39, 0.29) is 18.1 Å². The molecular formula is C18H21N3O5. The smallest absolute Gasteiger partial charge is 0.332 e. The summed E-state index contributed by atoms with van der Waals surface area (Å²) in [5, 5.41) is 2.66. The van der Waals surface area contributed by atoms with Crippen LogP contribution in [0.25, 0.3) is 0 Å². The molecule has 1 aromatic heterocycles. The lowest BCUT2D eigenvalue weighted by atomic mass is 9.86. The third-order valence-electron chi connectivity index (χ3n) is 4.59. The fourth-order valence-electron chi connectivity index (χ4n) is 3.34. The van der Waals surface area contributed by atoms with Crippen molar-refractivity contribution >= 4 is 11.7 Å². The lowest BCUT2D eigenvalue weighted by Crippen LogP contribution is -2.44. The van der Waals surface area contributed by atoms with Gasteiger partial charge in [0.25, 0.3) is 5.56 Å². The Hall–Kier alpha value is -3.03. The first-order valence-electron chi connectivity index (χ1n) is 8.30. The van der Waals surface area contributed by atoms with Crippen LogP contribution >= 0.6 is 0 Å². The van der Waals surface area contributed by atoms with Gasteiger partial charge in [-0.25, -0.2) is 4.79 Å². The summed E-state index contributed by atoms with van der Waals surface area (Å²) in [7, 11) is 4.48. The topological polar surface area (TPSA) is 91.6 Å². The fourth-order valence-corrected chi connectivity index (χ4v) is 3.34. The number of amides is 1. The monoisotopic (exact) mass is 359 g/mol. The van der Waals surface area contributed by atoms with Gasteiger partial charge in [0.1, 0.15) is 5.82 Å². The van der Waals surface area contributed by atoms with Crippen molar-refractivity contribution < 1.29 is 14.3 Å². The van der Waals surface area contributed by atoms with Gasteiger partial charge in [0.05, 0.1) is 19.3 Å².